The largest absolute Gasteiger partial charge is 0.388 e. The average Bonchev–Trinajstić information content (AvgIpc) is 2.90. The van der Waals surface area contributed by atoms with Crippen molar-refractivity contribution in [2.24, 2.45) is 0 Å². The molecule has 150 valence electrons. The summed E-state index contributed by atoms with van der Waals surface area (Å²) in [4.78, 5) is 39.1. The standard InChI is InChI=1S/C17H26N4O6/c1-5-6-11-13(23)14(26-9(2)15(24)18-4)16(27-11)21-8-7-12(19-10(3)22)20-17(21)25/h7-9,11,13-14,16,23H,5-6H2,1-4H3,(H,18,24)(H,19,20,22,25). The third-order valence-electron chi connectivity index (χ3n) is 4.27. The molecule has 0 aromatic carbocycles. The maximum absolute atomic E-state index is 12.4. The van der Waals surface area contributed by atoms with Crippen molar-refractivity contribution in [1.29, 1.82) is 0 Å². The molecule has 1 aromatic rings. The predicted octanol–water partition coefficient (Wildman–Crippen LogP) is -0.220. The summed E-state index contributed by atoms with van der Waals surface area (Å²) in [5.74, 6) is -0.592. The van der Waals surface area contributed by atoms with Crippen molar-refractivity contribution < 1.29 is 24.2 Å². The molecule has 27 heavy (non-hydrogen) atoms. The molecule has 0 aliphatic carbocycles. The lowest BCUT2D eigenvalue weighted by molar-refractivity contribution is -0.144. The van der Waals surface area contributed by atoms with Crippen molar-refractivity contribution in [3.63, 3.8) is 0 Å². The van der Waals surface area contributed by atoms with Crippen molar-refractivity contribution in [1.82, 2.24) is 14.9 Å². The number of aliphatic hydroxyl groups excluding tert-OH is 1. The molecule has 2 heterocycles. The first-order chi connectivity index (χ1) is 12.8. The van der Waals surface area contributed by atoms with Gasteiger partial charge in [-0.25, -0.2) is 4.79 Å². The lowest BCUT2D eigenvalue weighted by Crippen LogP contribution is -2.43. The van der Waals surface area contributed by atoms with Gasteiger partial charge in [-0.05, 0) is 19.4 Å². The number of nitrogens with one attached hydrogen (secondary N) is 2. The number of anilines is 1. The van der Waals surface area contributed by atoms with Crippen LogP contribution < -0.4 is 16.3 Å². The van der Waals surface area contributed by atoms with Crippen LogP contribution in [0.5, 0.6) is 0 Å². The van der Waals surface area contributed by atoms with Crippen LogP contribution in [-0.4, -0.2) is 57.9 Å². The minimum absolute atomic E-state index is 0.114. The molecule has 10 nitrogen and oxygen atoms in total. The quantitative estimate of drug-likeness (QED) is 0.594. The molecular weight excluding hydrogens is 356 g/mol. The number of amides is 2. The number of carbonyl (C=O) groups is 2. The first kappa shape index (κ1) is 21.0. The summed E-state index contributed by atoms with van der Waals surface area (Å²) in [7, 11) is 1.48. The van der Waals surface area contributed by atoms with Crippen LogP contribution in [0.1, 0.15) is 39.8 Å². The Labute approximate surface area is 156 Å². The fourth-order valence-corrected chi connectivity index (χ4v) is 2.97. The Bertz CT molecular complexity index is 736. The molecule has 0 spiro atoms. The molecule has 1 fully saturated rings. The zero-order valence-electron chi connectivity index (χ0n) is 15.8. The molecule has 2 amide bonds. The smallest absolute Gasteiger partial charge is 0.351 e. The summed E-state index contributed by atoms with van der Waals surface area (Å²) in [6, 6.07) is 1.45. The zero-order chi connectivity index (χ0) is 20.1. The molecule has 1 aromatic heterocycles. The van der Waals surface area contributed by atoms with E-state index in [1.165, 1.54) is 30.8 Å². The van der Waals surface area contributed by atoms with Crippen LogP contribution in [-0.2, 0) is 19.1 Å². The van der Waals surface area contributed by atoms with Crippen LogP contribution >= 0.6 is 0 Å². The van der Waals surface area contributed by atoms with Crippen LogP contribution in [0.2, 0.25) is 0 Å². The Balaban J connectivity index is 2.31. The summed E-state index contributed by atoms with van der Waals surface area (Å²) in [6.07, 6.45) is -1.53. The zero-order valence-corrected chi connectivity index (χ0v) is 15.8. The monoisotopic (exact) mass is 382 g/mol. The second-order valence-corrected chi connectivity index (χ2v) is 6.39. The van der Waals surface area contributed by atoms with E-state index in [-0.39, 0.29) is 17.6 Å². The van der Waals surface area contributed by atoms with Crippen molar-refractivity contribution in [3.8, 4) is 0 Å². The number of aliphatic hydroxyl groups is 1. The molecule has 1 aliphatic heterocycles. The van der Waals surface area contributed by atoms with E-state index >= 15 is 0 Å². The SMILES string of the molecule is CCCC1OC(n2ccc(NC(C)=O)nc2=O)C(OC(C)C(=O)NC)C1O. The van der Waals surface area contributed by atoms with Gasteiger partial charge in [0, 0.05) is 20.2 Å². The van der Waals surface area contributed by atoms with Gasteiger partial charge in [0.1, 0.15) is 24.1 Å². The Morgan fingerprint density at radius 1 is 1.48 bits per heavy atom. The highest BCUT2D eigenvalue weighted by molar-refractivity contribution is 5.87. The third-order valence-corrected chi connectivity index (χ3v) is 4.27. The maximum atomic E-state index is 12.4. The second kappa shape index (κ2) is 9.07. The van der Waals surface area contributed by atoms with E-state index in [2.05, 4.69) is 15.6 Å². The molecule has 10 heteroatoms. The molecule has 1 aliphatic rings. The van der Waals surface area contributed by atoms with Crippen molar-refractivity contribution in [2.45, 2.75) is 64.3 Å². The number of hydrogen-bond acceptors (Lipinski definition) is 7. The fourth-order valence-electron chi connectivity index (χ4n) is 2.97. The van der Waals surface area contributed by atoms with Crippen LogP contribution in [0.3, 0.4) is 0 Å². The van der Waals surface area contributed by atoms with Gasteiger partial charge in [0.15, 0.2) is 6.23 Å². The summed E-state index contributed by atoms with van der Waals surface area (Å²) in [5, 5.41) is 15.5. The highest BCUT2D eigenvalue weighted by Gasteiger charge is 2.46. The highest BCUT2D eigenvalue weighted by Crippen LogP contribution is 2.33. The number of nitrogens with zero attached hydrogens (tertiary/aromatic N) is 2. The van der Waals surface area contributed by atoms with Crippen molar-refractivity contribution in [2.75, 3.05) is 12.4 Å². The van der Waals surface area contributed by atoms with Crippen LogP contribution in [0.25, 0.3) is 0 Å². The minimum Gasteiger partial charge on any atom is -0.388 e. The Morgan fingerprint density at radius 2 is 2.19 bits per heavy atom. The fraction of sp³-hybridized carbons (Fsp3) is 0.647. The summed E-state index contributed by atoms with van der Waals surface area (Å²) < 4.78 is 12.8. The number of likely N-dealkylation sites (N-methyl/N-ethyl adjacent to an activating group) is 1. The van der Waals surface area contributed by atoms with E-state index in [4.69, 9.17) is 9.47 Å². The van der Waals surface area contributed by atoms with E-state index in [1.807, 2.05) is 6.92 Å². The third kappa shape index (κ3) is 4.90. The van der Waals surface area contributed by atoms with Gasteiger partial charge >= 0.3 is 5.69 Å². The van der Waals surface area contributed by atoms with E-state index in [1.54, 1.807) is 6.92 Å². The second-order valence-electron chi connectivity index (χ2n) is 6.39. The Morgan fingerprint density at radius 3 is 2.74 bits per heavy atom. The molecule has 5 unspecified atom stereocenters. The van der Waals surface area contributed by atoms with Crippen molar-refractivity contribution in [3.05, 3.63) is 22.7 Å². The maximum Gasteiger partial charge on any atom is 0.351 e. The summed E-state index contributed by atoms with van der Waals surface area (Å²) in [5.41, 5.74) is -0.670. The van der Waals surface area contributed by atoms with Crippen LogP contribution in [0.4, 0.5) is 5.82 Å². The molecule has 1 saturated heterocycles. The highest BCUT2D eigenvalue weighted by atomic mass is 16.6. The summed E-state index contributed by atoms with van der Waals surface area (Å²) in [6.45, 7) is 4.81. The van der Waals surface area contributed by atoms with Gasteiger partial charge in [-0.3, -0.25) is 14.2 Å². The van der Waals surface area contributed by atoms with Crippen molar-refractivity contribution >= 4 is 17.6 Å². The van der Waals surface area contributed by atoms with Gasteiger partial charge in [0.2, 0.25) is 11.8 Å². The number of ether oxygens (including phenoxy) is 2. The van der Waals surface area contributed by atoms with Crippen LogP contribution in [0.15, 0.2) is 17.1 Å². The molecule has 0 radical (unpaired) electrons. The molecule has 3 N–H and O–H groups in total. The molecule has 5 atom stereocenters. The van der Waals surface area contributed by atoms with Gasteiger partial charge < -0.3 is 25.2 Å². The normalized spacial score (nSPS) is 25.8. The van der Waals surface area contributed by atoms with Gasteiger partial charge in [0.25, 0.3) is 0 Å². The number of aromatic nitrogens is 2. The van der Waals surface area contributed by atoms with Gasteiger partial charge in [0.05, 0.1) is 6.10 Å². The predicted molar refractivity (Wildman–Crippen MR) is 96.0 cm³/mol. The van der Waals surface area contributed by atoms with Crippen LogP contribution in [0, 0.1) is 0 Å². The van der Waals surface area contributed by atoms with E-state index < -0.39 is 36.3 Å². The molecular formula is C17H26N4O6. The first-order valence-corrected chi connectivity index (χ1v) is 8.85. The number of hydrogen-bond donors (Lipinski definition) is 3. The number of rotatable bonds is 7. The van der Waals surface area contributed by atoms with E-state index in [9.17, 15) is 19.5 Å². The lowest BCUT2D eigenvalue weighted by atomic mass is 10.1. The lowest BCUT2D eigenvalue weighted by Gasteiger charge is -2.25. The molecule has 2 rings (SSSR count). The molecule has 0 bridgehead atoms. The molecule has 0 saturated carbocycles. The summed E-state index contributed by atoms with van der Waals surface area (Å²) >= 11 is 0. The Hall–Kier alpha value is -2.30. The minimum atomic E-state index is -1.01. The van der Waals surface area contributed by atoms with Gasteiger partial charge in [-0.15, -0.1) is 0 Å². The van der Waals surface area contributed by atoms with E-state index in [0.29, 0.717) is 6.42 Å². The Kier molecular flexibility index (Phi) is 7.05. The first-order valence-electron chi connectivity index (χ1n) is 8.85. The number of carbonyl (C=O) groups excluding carboxylic acids is 2. The topological polar surface area (TPSA) is 132 Å². The van der Waals surface area contributed by atoms with Gasteiger partial charge in [-0.1, -0.05) is 13.3 Å². The van der Waals surface area contributed by atoms with E-state index in [0.717, 1.165) is 6.42 Å². The van der Waals surface area contributed by atoms with Gasteiger partial charge in [-0.2, -0.15) is 4.98 Å². The average molecular weight is 382 g/mol.